The molecule has 0 amide bonds. The number of hydrogen-bond acceptors (Lipinski definition) is 1. The van der Waals surface area contributed by atoms with E-state index in [-0.39, 0.29) is 0 Å². The van der Waals surface area contributed by atoms with Crippen LogP contribution in [0, 0.1) is 6.92 Å². The van der Waals surface area contributed by atoms with E-state index in [9.17, 15) is 0 Å². The minimum Gasteiger partial charge on any atom is -0.341 e. The molecule has 0 bridgehead atoms. The fourth-order valence-electron chi connectivity index (χ4n) is 2.79. The van der Waals surface area contributed by atoms with Crippen LogP contribution in [0.5, 0.6) is 0 Å². The van der Waals surface area contributed by atoms with E-state index in [0.29, 0.717) is 0 Å². The normalized spacial score (nSPS) is 11.4. The Morgan fingerprint density at radius 2 is 2.00 bits per heavy atom. The van der Waals surface area contributed by atoms with Crippen LogP contribution in [0.3, 0.4) is 0 Å². The maximum atomic E-state index is 6.51. The van der Waals surface area contributed by atoms with Crippen molar-refractivity contribution < 1.29 is 0 Å². The van der Waals surface area contributed by atoms with Crippen molar-refractivity contribution in [1.82, 2.24) is 14.3 Å². The standard InChI is InChI=1S/C17H20ClN3/c1-4-14-17(18)16(21(5-2)19-14)11-20-9-8-13-10-12(3)6-7-15(13)20/h6-10H,4-5,11H2,1-3H3. The smallest absolute Gasteiger partial charge is 0.0868 e. The van der Waals surface area contributed by atoms with E-state index in [1.165, 1.54) is 16.5 Å². The van der Waals surface area contributed by atoms with Crippen LogP contribution in [0.2, 0.25) is 5.02 Å². The van der Waals surface area contributed by atoms with Gasteiger partial charge in [-0.15, -0.1) is 0 Å². The molecule has 3 rings (SSSR count). The molecule has 0 atom stereocenters. The molecular weight excluding hydrogens is 282 g/mol. The van der Waals surface area contributed by atoms with Crippen molar-refractivity contribution in [2.75, 3.05) is 0 Å². The highest BCUT2D eigenvalue weighted by atomic mass is 35.5. The van der Waals surface area contributed by atoms with Crippen LogP contribution in [0.1, 0.15) is 30.8 Å². The third kappa shape index (κ3) is 2.46. The summed E-state index contributed by atoms with van der Waals surface area (Å²) >= 11 is 6.51. The number of nitrogens with zero attached hydrogens (tertiary/aromatic N) is 3. The molecule has 0 saturated carbocycles. The van der Waals surface area contributed by atoms with Gasteiger partial charge in [-0.1, -0.05) is 30.2 Å². The van der Waals surface area contributed by atoms with Gasteiger partial charge in [0.25, 0.3) is 0 Å². The molecule has 3 nitrogen and oxygen atoms in total. The van der Waals surface area contributed by atoms with Crippen molar-refractivity contribution in [1.29, 1.82) is 0 Å². The topological polar surface area (TPSA) is 22.8 Å². The van der Waals surface area contributed by atoms with Crippen LogP contribution >= 0.6 is 11.6 Å². The highest BCUT2D eigenvalue weighted by Gasteiger charge is 2.15. The maximum Gasteiger partial charge on any atom is 0.0868 e. The Hall–Kier alpha value is -1.74. The van der Waals surface area contributed by atoms with Crippen LogP contribution in [0.25, 0.3) is 10.9 Å². The molecule has 0 fully saturated rings. The molecule has 2 aromatic heterocycles. The number of hydrogen-bond donors (Lipinski definition) is 0. The van der Waals surface area contributed by atoms with E-state index in [1.807, 2.05) is 4.68 Å². The minimum absolute atomic E-state index is 0.756. The summed E-state index contributed by atoms with van der Waals surface area (Å²) in [4.78, 5) is 0. The zero-order valence-corrected chi connectivity index (χ0v) is 13.5. The first-order valence-electron chi connectivity index (χ1n) is 7.43. The van der Waals surface area contributed by atoms with Gasteiger partial charge in [-0.2, -0.15) is 5.10 Å². The van der Waals surface area contributed by atoms with E-state index in [2.05, 4.69) is 60.9 Å². The van der Waals surface area contributed by atoms with Gasteiger partial charge in [0.05, 0.1) is 23.0 Å². The third-order valence-corrected chi connectivity index (χ3v) is 4.38. The molecule has 0 spiro atoms. The summed E-state index contributed by atoms with van der Waals surface area (Å²) in [5, 5.41) is 6.67. The average molecular weight is 302 g/mol. The summed E-state index contributed by atoms with van der Waals surface area (Å²) < 4.78 is 4.25. The number of rotatable bonds is 4. The van der Waals surface area contributed by atoms with Crippen LogP contribution in [0.4, 0.5) is 0 Å². The van der Waals surface area contributed by atoms with Crippen LogP contribution in [-0.2, 0) is 19.5 Å². The summed E-state index contributed by atoms with van der Waals surface area (Å²) in [6, 6.07) is 8.69. The van der Waals surface area contributed by atoms with Gasteiger partial charge in [-0.25, -0.2) is 0 Å². The van der Waals surface area contributed by atoms with E-state index in [0.717, 1.165) is 35.9 Å². The molecule has 2 heterocycles. The first-order chi connectivity index (χ1) is 10.1. The summed E-state index contributed by atoms with van der Waals surface area (Å²) in [5.74, 6) is 0. The Kier molecular flexibility index (Phi) is 3.77. The Balaban J connectivity index is 2.04. The summed E-state index contributed by atoms with van der Waals surface area (Å²) in [5.41, 5.74) is 4.60. The molecular formula is C17H20ClN3. The lowest BCUT2D eigenvalue weighted by Gasteiger charge is -2.08. The van der Waals surface area contributed by atoms with Crippen molar-refractivity contribution in [2.45, 2.75) is 40.3 Å². The molecule has 0 aliphatic heterocycles. The van der Waals surface area contributed by atoms with E-state index in [1.54, 1.807) is 0 Å². The molecule has 110 valence electrons. The van der Waals surface area contributed by atoms with Crippen LogP contribution in [0.15, 0.2) is 30.5 Å². The van der Waals surface area contributed by atoms with Crippen molar-refractivity contribution in [2.24, 2.45) is 0 Å². The Morgan fingerprint density at radius 3 is 2.71 bits per heavy atom. The van der Waals surface area contributed by atoms with E-state index < -0.39 is 0 Å². The van der Waals surface area contributed by atoms with E-state index >= 15 is 0 Å². The van der Waals surface area contributed by atoms with E-state index in [4.69, 9.17) is 11.6 Å². The second-order valence-electron chi connectivity index (χ2n) is 5.38. The fourth-order valence-corrected chi connectivity index (χ4v) is 3.12. The largest absolute Gasteiger partial charge is 0.341 e. The second-order valence-corrected chi connectivity index (χ2v) is 5.76. The Labute approximate surface area is 130 Å². The molecule has 0 N–H and O–H groups in total. The summed E-state index contributed by atoms with van der Waals surface area (Å²) in [6.07, 6.45) is 2.99. The predicted molar refractivity (Wildman–Crippen MR) is 88.1 cm³/mol. The molecule has 1 aromatic carbocycles. The summed E-state index contributed by atoms with van der Waals surface area (Å²) in [7, 11) is 0. The lowest BCUT2D eigenvalue weighted by atomic mass is 10.2. The van der Waals surface area contributed by atoms with Crippen molar-refractivity contribution in [3.63, 3.8) is 0 Å². The van der Waals surface area contributed by atoms with Gasteiger partial charge in [-0.05, 0) is 43.9 Å². The van der Waals surface area contributed by atoms with Crippen molar-refractivity contribution in [3.8, 4) is 0 Å². The summed E-state index contributed by atoms with van der Waals surface area (Å²) in [6.45, 7) is 7.90. The average Bonchev–Trinajstić information content (AvgIpc) is 3.01. The molecule has 0 unspecified atom stereocenters. The fraction of sp³-hybridized carbons (Fsp3) is 0.353. The molecule has 0 aliphatic carbocycles. The maximum absolute atomic E-state index is 6.51. The minimum atomic E-state index is 0.756. The van der Waals surface area contributed by atoms with Gasteiger partial charge in [0.2, 0.25) is 0 Å². The van der Waals surface area contributed by atoms with Gasteiger partial charge in [0, 0.05) is 18.3 Å². The zero-order valence-electron chi connectivity index (χ0n) is 12.7. The van der Waals surface area contributed by atoms with Crippen LogP contribution < -0.4 is 0 Å². The van der Waals surface area contributed by atoms with Gasteiger partial charge in [0.15, 0.2) is 0 Å². The number of fused-ring (bicyclic) bond motifs is 1. The SMILES string of the molecule is CCc1nn(CC)c(Cn2ccc3cc(C)ccc32)c1Cl. The molecule has 0 radical (unpaired) electrons. The third-order valence-electron chi connectivity index (χ3n) is 3.94. The van der Waals surface area contributed by atoms with Gasteiger partial charge in [0.1, 0.15) is 0 Å². The van der Waals surface area contributed by atoms with Gasteiger partial charge in [-0.3, -0.25) is 4.68 Å². The number of halogens is 1. The lowest BCUT2D eigenvalue weighted by molar-refractivity contribution is 0.599. The van der Waals surface area contributed by atoms with Crippen molar-refractivity contribution in [3.05, 3.63) is 52.4 Å². The Bertz CT molecular complexity index is 783. The molecule has 0 saturated heterocycles. The second kappa shape index (κ2) is 5.57. The molecule has 4 heteroatoms. The first kappa shape index (κ1) is 14.2. The zero-order chi connectivity index (χ0) is 15.0. The molecule has 21 heavy (non-hydrogen) atoms. The highest BCUT2D eigenvalue weighted by molar-refractivity contribution is 6.31. The first-order valence-corrected chi connectivity index (χ1v) is 7.81. The molecule has 3 aromatic rings. The monoisotopic (exact) mass is 301 g/mol. The quantitative estimate of drug-likeness (QED) is 0.699. The Morgan fingerprint density at radius 1 is 1.19 bits per heavy atom. The van der Waals surface area contributed by atoms with Gasteiger partial charge >= 0.3 is 0 Å². The van der Waals surface area contributed by atoms with Gasteiger partial charge < -0.3 is 4.57 Å². The number of aryl methyl sites for hydroxylation is 3. The van der Waals surface area contributed by atoms with Crippen LogP contribution in [-0.4, -0.2) is 14.3 Å². The van der Waals surface area contributed by atoms with Crippen molar-refractivity contribution >= 4 is 22.5 Å². The number of aromatic nitrogens is 3. The lowest BCUT2D eigenvalue weighted by Crippen LogP contribution is -2.07. The molecule has 0 aliphatic rings. The number of benzene rings is 1. The highest BCUT2D eigenvalue weighted by Crippen LogP contribution is 2.25. The predicted octanol–water partition coefficient (Wildman–Crippen LogP) is 4.43.